The number of nitrogens with one attached hydrogen (secondary N) is 1. The first-order chi connectivity index (χ1) is 22.7. The quantitative estimate of drug-likeness (QED) is 0.149. The molecular weight excluding hydrogens is 600 g/mol. The van der Waals surface area contributed by atoms with Crippen molar-refractivity contribution in [3.05, 3.63) is 114 Å². The number of fused-ring (bicyclic) bond motifs is 1. The molecule has 0 saturated carbocycles. The van der Waals surface area contributed by atoms with Gasteiger partial charge in [0.1, 0.15) is 11.6 Å². The third-order valence-corrected chi connectivity index (χ3v) is 8.79. The second kappa shape index (κ2) is 14.1. The van der Waals surface area contributed by atoms with E-state index in [2.05, 4.69) is 50.4 Å². The van der Waals surface area contributed by atoms with Gasteiger partial charge in [0.25, 0.3) is 5.91 Å². The third-order valence-electron chi connectivity index (χ3n) is 7.92. The van der Waals surface area contributed by atoms with Crippen molar-refractivity contribution in [1.82, 2.24) is 25.2 Å². The van der Waals surface area contributed by atoms with Crippen molar-refractivity contribution in [2.24, 2.45) is 0 Å². The van der Waals surface area contributed by atoms with E-state index in [0.717, 1.165) is 67.0 Å². The molecule has 3 aromatic heterocycles. The number of aromatic nitrogens is 3. The Labute approximate surface area is 271 Å². The van der Waals surface area contributed by atoms with E-state index in [9.17, 15) is 4.79 Å². The zero-order chi connectivity index (χ0) is 31.1. The van der Waals surface area contributed by atoms with E-state index in [1.54, 1.807) is 12.3 Å². The fourth-order valence-electron chi connectivity index (χ4n) is 5.48. The molecule has 0 bridgehead atoms. The molecule has 2 aliphatic heterocycles. The molecule has 0 spiro atoms. The lowest BCUT2D eigenvalue weighted by molar-refractivity contribution is 0.0925. The predicted molar refractivity (Wildman–Crippen MR) is 176 cm³/mol. The highest BCUT2D eigenvalue weighted by molar-refractivity contribution is 7.98. The van der Waals surface area contributed by atoms with Crippen molar-refractivity contribution >= 4 is 23.5 Å². The van der Waals surface area contributed by atoms with Gasteiger partial charge in [0.15, 0.2) is 22.4 Å². The van der Waals surface area contributed by atoms with Gasteiger partial charge in [0.2, 0.25) is 6.79 Å². The molecule has 234 valence electrons. The molecule has 1 saturated heterocycles. The normalized spacial score (nSPS) is 14.4. The summed E-state index contributed by atoms with van der Waals surface area (Å²) in [5.41, 5.74) is 4.06. The van der Waals surface area contributed by atoms with Crippen molar-refractivity contribution < 1.29 is 18.7 Å². The highest BCUT2D eigenvalue weighted by Gasteiger charge is 2.22. The zero-order valence-corrected chi connectivity index (χ0v) is 26.1. The van der Waals surface area contributed by atoms with Crippen molar-refractivity contribution in [3.63, 3.8) is 0 Å². The Morgan fingerprint density at radius 3 is 2.57 bits per heavy atom. The molecule has 2 aliphatic rings. The number of amides is 1. The molecule has 11 heteroatoms. The molecule has 0 atom stereocenters. The second-order valence-electron chi connectivity index (χ2n) is 11.1. The maximum Gasteiger partial charge on any atom is 0.287 e. The summed E-state index contributed by atoms with van der Waals surface area (Å²) in [7, 11) is 0. The summed E-state index contributed by atoms with van der Waals surface area (Å²) < 4.78 is 16.9. The van der Waals surface area contributed by atoms with Gasteiger partial charge >= 0.3 is 0 Å². The van der Waals surface area contributed by atoms with E-state index in [4.69, 9.17) is 23.9 Å². The molecule has 2 aromatic carbocycles. The minimum Gasteiger partial charge on any atom is -0.455 e. The van der Waals surface area contributed by atoms with Gasteiger partial charge in [-0.15, -0.1) is 0 Å². The minimum atomic E-state index is -0.241. The summed E-state index contributed by atoms with van der Waals surface area (Å²) in [5.74, 6) is 3.78. The molecule has 7 rings (SSSR count). The predicted octanol–water partition coefficient (Wildman–Crippen LogP) is 5.45. The Morgan fingerprint density at radius 1 is 0.870 bits per heavy atom. The van der Waals surface area contributed by atoms with Crippen LogP contribution in [0.2, 0.25) is 0 Å². The van der Waals surface area contributed by atoms with E-state index in [0.29, 0.717) is 29.6 Å². The van der Waals surface area contributed by atoms with E-state index in [1.165, 1.54) is 17.3 Å². The number of hydrogen-bond acceptors (Lipinski definition) is 10. The molecule has 0 unspecified atom stereocenters. The molecule has 1 fully saturated rings. The summed E-state index contributed by atoms with van der Waals surface area (Å²) >= 11 is 1.50. The highest BCUT2D eigenvalue weighted by Crippen LogP contribution is 2.33. The van der Waals surface area contributed by atoms with Crippen LogP contribution >= 0.6 is 11.8 Å². The van der Waals surface area contributed by atoms with Crippen LogP contribution in [0.25, 0.3) is 11.3 Å². The van der Waals surface area contributed by atoms with Gasteiger partial charge in [-0.25, -0.2) is 9.97 Å². The number of pyridine rings is 1. The summed E-state index contributed by atoms with van der Waals surface area (Å²) in [4.78, 5) is 31.6. The molecule has 0 aliphatic carbocycles. The molecule has 46 heavy (non-hydrogen) atoms. The van der Waals surface area contributed by atoms with Crippen molar-refractivity contribution in [2.75, 3.05) is 44.4 Å². The Hall–Kier alpha value is -4.87. The third kappa shape index (κ3) is 7.32. The Bertz CT molecular complexity index is 1780. The van der Waals surface area contributed by atoms with Crippen LogP contribution in [0.5, 0.6) is 11.5 Å². The number of furan rings is 1. The number of carbonyl (C=O) groups excluding carboxylic acids is 1. The topological polar surface area (TPSA) is 106 Å². The van der Waals surface area contributed by atoms with Gasteiger partial charge in [-0.2, -0.15) is 0 Å². The van der Waals surface area contributed by atoms with Crippen LogP contribution in [0.15, 0.2) is 101 Å². The number of ether oxygens (including phenoxy) is 2. The van der Waals surface area contributed by atoms with E-state index >= 15 is 0 Å². The lowest BCUT2D eigenvalue weighted by Gasteiger charge is -2.35. The Kier molecular flexibility index (Phi) is 9.11. The Morgan fingerprint density at radius 2 is 1.72 bits per heavy atom. The van der Waals surface area contributed by atoms with E-state index in [-0.39, 0.29) is 18.5 Å². The summed E-state index contributed by atoms with van der Waals surface area (Å²) in [6, 6.07) is 27.7. The molecule has 10 nitrogen and oxygen atoms in total. The molecule has 1 amide bonds. The molecule has 1 N–H and O–H groups in total. The van der Waals surface area contributed by atoms with Crippen LogP contribution in [0.1, 0.15) is 27.6 Å². The smallest absolute Gasteiger partial charge is 0.287 e. The fourth-order valence-corrected chi connectivity index (χ4v) is 6.23. The van der Waals surface area contributed by atoms with E-state index in [1.807, 2.05) is 48.5 Å². The summed E-state index contributed by atoms with van der Waals surface area (Å²) in [5, 5.41) is 3.57. The maximum absolute atomic E-state index is 12.6. The highest BCUT2D eigenvalue weighted by atomic mass is 32.2. The standard InChI is InChI=1S/C35H34N6O4S/c42-34(37-15-13-27-8-4-5-14-36-27)31-12-10-28(45-31)23-46-35-38-29(26-6-2-1-3-7-26)21-33(39-35)41-18-16-40(17-19-41)22-25-9-11-30-32(20-25)44-24-43-30/h1-12,14,20-21H,13,15-19,22-24H2,(H,37,42). The number of carbonyl (C=O) groups is 1. The number of nitrogens with zero attached hydrogens (tertiary/aromatic N) is 5. The lowest BCUT2D eigenvalue weighted by Crippen LogP contribution is -2.46. The number of anilines is 1. The minimum absolute atomic E-state index is 0.241. The van der Waals surface area contributed by atoms with Crippen LogP contribution in [-0.4, -0.2) is 65.3 Å². The summed E-state index contributed by atoms with van der Waals surface area (Å²) in [6.45, 7) is 5.18. The average Bonchev–Trinajstić information content (AvgIpc) is 3.78. The first-order valence-electron chi connectivity index (χ1n) is 15.4. The average molecular weight is 635 g/mol. The summed E-state index contributed by atoms with van der Waals surface area (Å²) in [6.07, 6.45) is 2.41. The number of thioether (sulfide) groups is 1. The van der Waals surface area contributed by atoms with Crippen molar-refractivity contribution in [1.29, 1.82) is 0 Å². The fraction of sp³-hybridized carbons (Fsp3) is 0.257. The van der Waals surface area contributed by atoms with Gasteiger partial charge in [-0.05, 0) is 42.0 Å². The van der Waals surface area contributed by atoms with Gasteiger partial charge in [-0.3, -0.25) is 14.7 Å². The lowest BCUT2D eigenvalue weighted by atomic mass is 10.1. The first-order valence-corrected chi connectivity index (χ1v) is 16.3. The molecule has 5 aromatic rings. The molecular formula is C35H34N6O4S. The molecule has 0 radical (unpaired) electrons. The van der Waals surface area contributed by atoms with Crippen molar-refractivity contribution in [2.45, 2.75) is 23.9 Å². The SMILES string of the molecule is O=C(NCCc1ccccn1)c1ccc(CSc2nc(-c3ccccc3)cc(N3CCN(Cc4ccc5c(c4)OCO5)CC3)n2)o1. The van der Waals surface area contributed by atoms with Gasteiger partial charge in [0.05, 0.1) is 11.4 Å². The van der Waals surface area contributed by atoms with Gasteiger partial charge in [0, 0.05) is 69.2 Å². The van der Waals surface area contributed by atoms with Crippen LogP contribution < -0.4 is 19.7 Å². The molecule has 5 heterocycles. The van der Waals surface area contributed by atoms with Crippen LogP contribution in [0, 0.1) is 0 Å². The van der Waals surface area contributed by atoms with Crippen LogP contribution in [0.3, 0.4) is 0 Å². The number of piperazine rings is 1. The van der Waals surface area contributed by atoms with Gasteiger partial charge < -0.3 is 24.1 Å². The maximum atomic E-state index is 12.6. The van der Waals surface area contributed by atoms with Gasteiger partial charge in [-0.1, -0.05) is 54.2 Å². The van der Waals surface area contributed by atoms with E-state index < -0.39 is 0 Å². The Balaban J connectivity index is 0.985. The number of hydrogen-bond donors (Lipinski definition) is 1. The number of benzene rings is 2. The van der Waals surface area contributed by atoms with Crippen molar-refractivity contribution in [3.8, 4) is 22.8 Å². The van der Waals surface area contributed by atoms with Crippen LogP contribution in [0.4, 0.5) is 5.82 Å². The second-order valence-corrected chi connectivity index (χ2v) is 12.0. The largest absolute Gasteiger partial charge is 0.455 e. The monoisotopic (exact) mass is 634 g/mol. The van der Waals surface area contributed by atoms with Crippen LogP contribution in [-0.2, 0) is 18.7 Å². The zero-order valence-electron chi connectivity index (χ0n) is 25.3. The first kappa shape index (κ1) is 29.8. The number of rotatable bonds is 11.